The van der Waals surface area contributed by atoms with E-state index < -0.39 is 11.9 Å². The van der Waals surface area contributed by atoms with Crippen molar-refractivity contribution < 1.29 is 14.0 Å². The van der Waals surface area contributed by atoms with Gasteiger partial charge >= 0.3 is 0 Å². The fraction of sp³-hybridized carbons (Fsp3) is 0.333. The van der Waals surface area contributed by atoms with Gasteiger partial charge in [0.25, 0.3) is 0 Å². The molecule has 0 saturated heterocycles. The van der Waals surface area contributed by atoms with Crippen molar-refractivity contribution in [3.63, 3.8) is 0 Å². The zero-order chi connectivity index (χ0) is 21.4. The lowest BCUT2D eigenvalue weighted by Gasteiger charge is -2.28. The van der Waals surface area contributed by atoms with E-state index in [0.29, 0.717) is 27.9 Å². The molecule has 1 N–H and O–H groups in total. The number of nitrogens with one attached hydrogen (secondary N) is 1. The summed E-state index contributed by atoms with van der Waals surface area (Å²) in [5.41, 5.74) is 1.23. The summed E-state index contributed by atoms with van der Waals surface area (Å²) in [4.78, 5) is 26.6. The molecule has 0 heterocycles. The van der Waals surface area contributed by atoms with Crippen LogP contribution in [0.4, 0.5) is 4.39 Å². The predicted molar refractivity (Wildman–Crippen MR) is 118 cm³/mol. The van der Waals surface area contributed by atoms with E-state index in [9.17, 15) is 14.0 Å². The second-order valence-corrected chi connectivity index (χ2v) is 8.24. The summed E-state index contributed by atoms with van der Waals surface area (Å²) < 4.78 is 14.1. The first kappa shape index (κ1) is 23.5. The normalized spacial score (nSPS) is 11.8. The van der Waals surface area contributed by atoms with E-state index >= 15 is 0 Å². The lowest BCUT2D eigenvalue weighted by molar-refractivity contribution is -0.138. The highest BCUT2D eigenvalue weighted by Gasteiger charge is 2.26. The zero-order valence-corrected chi connectivity index (χ0v) is 18.6. The van der Waals surface area contributed by atoms with Gasteiger partial charge in [0.2, 0.25) is 11.8 Å². The highest BCUT2D eigenvalue weighted by Crippen LogP contribution is 2.25. The SMILES string of the molecule is CCNC(=O)C(C)N(Cc1ccccc1F)C(=O)CSCc1ccc(Cl)cc1Cl. The highest BCUT2D eigenvalue weighted by molar-refractivity contribution is 7.99. The van der Waals surface area contributed by atoms with E-state index in [1.54, 1.807) is 44.2 Å². The van der Waals surface area contributed by atoms with E-state index in [4.69, 9.17) is 23.2 Å². The third-order valence-corrected chi connectivity index (χ3v) is 5.87. The van der Waals surface area contributed by atoms with Gasteiger partial charge in [-0.1, -0.05) is 47.5 Å². The molecule has 29 heavy (non-hydrogen) atoms. The van der Waals surface area contributed by atoms with Crippen molar-refractivity contribution in [1.29, 1.82) is 0 Å². The minimum absolute atomic E-state index is 0.0199. The number of likely N-dealkylation sites (N-methyl/N-ethyl adjacent to an activating group) is 1. The Hall–Kier alpha value is -1.76. The molecule has 2 rings (SSSR count). The Balaban J connectivity index is 2.08. The molecule has 0 bridgehead atoms. The maximum atomic E-state index is 14.1. The molecule has 156 valence electrons. The Bertz CT molecular complexity index is 866. The summed E-state index contributed by atoms with van der Waals surface area (Å²) in [5.74, 6) is -0.277. The quantitative estimate of drug-likeness (QED) is 0.582. The first-order valence-corrected chi connectivity index (χ1v) is 11.1. The number of thioether (sulfide) groups is 1. The molecule has 2 amide bonds. The van der Waals surface area contributed by atoms with E-state index in [2.05, 4.69) is 5.32 Å². The van der Waals surface area contributed by atoms with Crippen molar-refractivity contribution in [3.8, 4) is 0 Å². The van der Waals surface area contributed by atoms with Gasteiger partial charge in [0.05, 0.1) is 5.75 Å². The lowest BCUT2D eigenvalue weighted by atomic mass is 10.1. The molecule has 4 nitrogen and oxygen atoms in total. The van der Waals surface area contributed by atoms with E-state index in [1.165, 1.54) is 22.7 Å². The van der Waals surface area contributed by atoms with Crippen LogP contribution in [-0.2, 0) is 21.9 Å². The summed E-state index contributed by atoms with van der Waals surface area (Å²) in [7, 11) is 0. The van der Waals surface area contributed by atoms with Crippen LogP contribution in [0.5, 0.6) is 0 Å². The summed E-state index contributed by atoms with van der Waals surface area (Å²) >= 11 is 13.4. The molecule has 0 aromatic heterocycles. The third-order valence-electron chi connectivity index (χ3n) is 4.32. The summed E-state index contributed by atoms with van der Waals surface area (Å²) in [6.45, 7) is 3.92. The zero-order valence-electron chi connectivity index (χ0n) is 16.3. The molecule has 1 unspecified atom stereocenters. The number of rotatable bonds is 9. The van der Waals surface area contributed by atoms with Crippen molar-refractivity contribution in [3.05, 3.63) is 69.5 Å². The number of amides is 2. The van der Waals surface area contributed by atoms with Crippen LogP contribution in [0.2, 0.25) is 10.0 Å². The molecule has 1 atom stereocenters. The number of hydrogen-bond donors (Lipinski definition) is 1. The molecule has 0 spiro atoms. The van der Waals surface area contributed by atoms with Crippen LogP contribution in [0.25, 0.3) is 0 Å². The molecule has 2 aromatic carbocycles. The maximum absolute atomic E-state index is 14.1. The van der Waals surface area contributed by atoms with Gasteiger partial charge < -0.3 is 10.2 Å². The van der Waals surface area contributed by atoms with Crippen molar-refractivity contribution in [2.45, 2.75) is 32.2 Å². The second kappa shape index (κ2) is 11.4. The molecule has 0 saturated carbocycles. The van der Waals surface area contributed by atoms with Gasteiger partial charge in [-0.25, -0.2) is 4.39 Å². The lowest BCUT2D eigenvalue weighted by Crippen LogP contribution is -2.48. The summed E-state index contributed by atoms with van der Waals surface area (Å²) in [6.07, 6.45) is 0. The van der Waals surface area contributed by atoms with Gasteiger partial charge in [-0.15, -0.1) is 11.8 Å². The Labute approximate surface area is 184 Å². The fourth-order valence-corrected chi connectivity index (χ4v) is 4.15. The average Bonchev–Trinajstić information content (AvgIpc) is 2.68. The second-order valence-electron chi connectivity index (χ2n) is 6.41. The Morgan fingerprint density at radius 1 is 1.17 bits per heavy atom. The molecule has 8 heteroatoms. The van der Waals surface area contributed by atoms with Crippen LogP contribution in [-0.4, -0.2) is 35.1 Å². The highest BCUT2D eigenvalue weighted by atomic mass is 35.5. The smallest absolute Gasteiger partial charge is 0.242 e. The van der Waals surface area contributed by atoms with Crippen LogP contribution in [0.15, 0.2) is 42.5 Å². The molecule has 0 aliphatic rings. The molecule has 0 aliphatic carbocycles. The Morgan fingerprint density at radius 3 is 2.55 bits per heavy atom. The van der Waals surface area contributed by atoms with Gasteiger partial charge in [0, 0.05) is 34.5 Å². The molecule has 2 aromatic rings. The predicted octanol–water partition coefficient (Wildman–Crippen LogP) is 4.92. The van der Waals surface area contributed by atoms with Crippen LogP contribution in [0.1, 0.15) is 25.0 Å². The maximum Gasteiger partial charge on any atom is 0.242 e. The molecule has 0 radical (unpaired) electrons. The van der Waals surface area contributed by atoms with Crippen LogP contribution >= 0.6 is 35.0 Å². The van der Waals surface area contributed by atoms with Gasteiger partial charge in [-0.2, -0.15) is 0 Å². The monoisotopic (exact) mass is 456 g/mol. The largest absolute Gasteiger partial charge is 0.355 e. The number of benzene rings is 2. The number of carbonyl (C=O) groups is 2. The standard InChI is InChI=1S/C21H23Cl2FN2O2S/c1-3-25-21(28)14(2)26(11-15-6-4-5-7-19(15)24)20(27)13-29-12-16-8-9-17(22)10-18(16)23/h4-10,14H,3,11-13H2,1-2H3,(H,25,28). The average molecular weight is 457 g/mol. The van der Waals surface area contributed by atoms with Gasteiger partial charge in [0.1, 0.15) is 11.9 Å². The number of halogens is 3. The summed E-state index contributed by atoms with van der Waals surface area (Å²) in [6, 6.07) is 10.7. The van der Waals surface area contributed by atoms with Crippen LogP contribution in [0, 0.1) is 5.82 Å². The van der Waals surface area contributed by atoms with Crippen molar-refractivity contribution >= 4 is 46.8 Å². The third kappa shape index (κ3) is 6.91. The van der Waals surface area contributed by atoms with Crippen LogP contribution < -0.4 is 5.32 Å². The molecule has 0 aliphatic heterocycles. The molecule has 0 fully saturated rings. The number of nitrogens with zero attached hydrogens (tertiary/aromatic N) is 1. The summed E-state index contributed by atoms with van der Waals surface area (Å²) in [5, 5.41) is 3.80. The van der Waals surface area contributed by atoms with Crippen LogP contribution in [0.3, 0.4) is 0 Å². The van der Waals surface area contributed by atoms with Gasteiger partial charge in [0.15, 0.2) is 0 Å². The van der Waals surface area contributed by atoms with E-state index in [0.717, 1.165) is 5.56 Å². The van der Waals surface area contributed by atoms with E-state index in [-0.39, 0.29) is 24.1 Å². The number of carbonyl (C=O) groups excluding carboxylic acids is 2. The Morgan fingerprint density at radius 2 is 1.90 bits per heavy atom. The topological polar surface area (TPSA) is 49.4 Å². The Kier molecular flexibility index (Phi) is 9.27. The van der Waals surface area contributed by atoms with Gasteiger partial charge in [-0.05, 0) is 37.6 Å². The number of hydrogen-bond acceptors (Lipinski definition) is 3. The minimum Gasteiger partial charge on any atom is -0.355 e. The minimum atomic E-state index is -0.721. The fourth-order valence-electron chi connectivity index (χ4n) is 2.68. The van der Waals surface area contributed by atoms with E-state index in [1.807, 2.05) is 6.07 Å². The van der Waals surface area contributed by atoms with Crippen molar-refractivity contribution in [1.82, 2.24) is 10.2 Å². The first-order chi connectivity index (χ1) is 13.8. The molecular weight excluding hydrogens is 434 g/mol. The first-order valence-electron chi connectivity index (χ1n) is 9.15. The van der Waals surface area contributed by atoms with Crippen molar-refractivity contribution in [2.75, 3.05) is 12.3 Å². The molecular formula is C21H23Cl2FN2O2S. The van der Waals surface area contributed by atoms with Gasteiger partial charge in [-0.3, -0.25) is 9.59 Å². The van der Waals surface area contributed by atoms with Crippen molar-refractivity contribution in [2.24, 2.45) is 0 Å².